The van der Waals surface area contributed by atoms with Crippen LogP contribution in [0.4, 0.5) is 0 Å². The normalized spacial score (nSPS) is 18.8. The van der Waals surface area contributed by atoms with Crippen molar-refractivity contribution in [2.45, 2.75) is 12.3 Å². The number of carbonyl (C=O) groups is 1. The lowest BCUT2D eigenvalue weighted by Crippen LogP contribution is -2.27. The van der Waals surface area contributed by atoms with Gasteiger partial charge in [-0.3, -0.25) is 4.79 Å². The molecule has 1 amide bonds. The van der Waals surface area contributed by atoms with Gasteiger partial charge in [0, 0.05) is 35.2 Å². The van der Waals surface area contributed by atoms with E-state index in [1.165, 1.54) is 0 Å². The van der Waals surface area contributed by atoms with E-state index in [-0.39, 0.29) is 11.3 Å². The Morgan fingerprint density at radius 2 is 2.25 bits per heavy atom. The zero-order valence-electron chi connectivity index (χ0n) is 11.1. The lowest BCUT2D eigenvalue weighted by Gasteiger charge is -2.21. The van der Waals surface area contributed by atoms with Crippen molar-refractivity contribution in [3.63, 3.8) is 0 Å². The second-order valence-electron chi connectivity index (χ2n) is 4.68. The summed E-state index contributed by atoms with van der Waals surface area (Å²) in [6, 6.07) is 9.80. The molecule has 0 aliphatic carbocycles. The van der Waals surface area contributed by atoms with Crippen LogP contribution in [0.15, 0.2) is 42.7 Å². The molecular weight excluding hydrogens is 292 g/mol. The molecule has 20 heavy (non-hydrogen) atoms. The summed E-state index contributed by atoms with van der Waals surface area (Å²) in [5.74, 6) is 0.791. The highest BCUT2D eigenvalue weighted by atomic mass is 35.5. The van der Waals surface area contributed by atoms with Crippen molar-refractivity contribution >= 4 is 29.3 Å². The first-order valence-electron chi connectivity index (χ1n) is 6.54. The fraction of sp³-hybridized carbons (Fsp3) is 0.267. The van der Waals surface area contributed by atoms with Crippen molar-refractivity contribution in [1.29, 1.82) is 0 Å². The molecule has 0 unspecified atom stereocenters. The van der Waals surface area contributed by atoms with Crippen LogP contribution in [0.5, 0.6) is 0 Å². The maximum absolute atomic E-state index is 11.8. The van der Waals surface area contributed by atoms with Gasteiger partial charge in [-0.2, -0.15) is 0 Å². The van der Waals surface area contributed by atoms with Gasteiger partial charge in [0.25, 0.3) is 0 Å². The van der Waals surface area contributed by atoms with Gasteiger partial charge in [0.05, 0.1) is 5.75 Å². The van der Waals surface area contributed by atoms with E-state index in [9.17, 15) is 4.79 Å². The van der Waals surface area contributed by atoms with Gasteiger partial charge in [-0.05, 0) is 31.2 Å². The highest BCUT2D eigenvalue weighted by Gasteiger charge is 2.31. The minimum atomic E-state index is 0.132. The van der Waals surface area contributed by atoms with Crippen molar-refractivity contribution in [3.8, 4) is 5.69 Å². The van der Waals surface area contributed by atoms with Crippen LogP contribution in [0.2, 0.25) is 5.02 Å². The summed E-state index contributed by atoms with van der Waals surface area (Å²) in [7, 11) is 0. The summed E-state index contributed by atoms with van der Waals surface area (Å²) in [6.07, 6.45) is 4.09. The molecule has 104 valence electrons. The summed E-state index contributed by atoms with van der Waals surface area (Å²) in [5, 5.41) is 0.853. The maximum Gasteiger partial charge on any atom is 0.233 e. The number of amides is 1. The van der Waals surface area contributed by atoms with Crippen molar-refractivity contribution in [2.24, 2.45) is 0 Å². The van der Waals surface area contributed by atoms with Crippen molar-refractivity contribution in [3.05, 3.63) is 53.3 Å². The van der Waals surface area contributed by atoms with E-state index in [1.807, 2.05) is 46.9 Å². The number of thioether (sulfide) groups is 1. The maximum atomic E-state index is 11.8. The minimum absolute atomic E-state index is 0.132. The summed E-state index contributed by atoms with van der Waals surface area (Å²) < 4.78 is 2.04. The molecule has 1 fully saturated rings. The van der Waals surface area contributed by atoms with E-state index in [1.54, 1.807) is 11.8 Å². The first-order valence-corrected chi connectivity index (χ1v) is 7.96. The number of benzene rings is 1. The zero-order valence-corrected chi connectivity index (χ0v) is 12.7. The molecule has 0 spiro atoms. The highest BCUT2D eigenvalue weighted by Crippen LogP contribution is 2.38. The van der Waals surface area contributed by atoms with Crippen molar-refractivity contribution in [1.82, 2.24) is 9.47 Å². The topological polar surface area (TPSA) is 25.2 Å². The third-order valence-corrected chi connectivity index (χ3v) is 4.91. The Balaban J connectivity index is 1.89. The molecule has 1 saturated heterocycles. The summed E-state index contributed by atoms with van der Waals surface area (Å²) >= 11 is 7.71. The van der Waals surface area contributed by atoms with E-state index in [0.717, 1.165) is 22.8 Å². The smallest absolute Gasteiger partial charge is 0.233 e. The molecule has 1 atom stereocenters. The van der Waals surface area contributed by atoms with E-state index in [2.05, 4.69) is 12.3 Å². The molecule has 1 aliphatic rings. The molecular formula is C15H15ClN2OS. The van der Waals surface area contributed by atoms with Crippen LogP contribution in [-0.2, 0) is 4.79 Å². The third kappa shape index (κ3) is 2.45. The molecule has 0 N–H and O–H groups in total. The summed E-state index contributed by atoms with van der Waals surface area (Å²) in [6.45, 7) is 2.77. The molecule has 1 aromatic carbocycles. The first-order chi connectivity index (χ1) is 9.69. The molecule has 1 aromatic heterocycles. The van der Waals surface area contributed by atoms with Gasteiger partial charge in [-0.1, -0.05) is 17.7 Å². The molecule has 3 rings (SSSR count). The first kappa shape index (κ1) is 13.6. The van der Waals surface area contributed by atoms with Gasteiger partial charge in [-0.15, -0.1) is 11.8 Å². The standard InChI is InChI=1S/C15H15ClN2OS/c1-2-18-14(19)10-20-15(18)11-6-7-17(9-11)13-5-3-4-12(16)8-13/h3-9,15H,2,10H2,1H3/t15-/m0/s1. The van der Waals surface area contributed by atoms with Crippen LogP contribution < -0.4 is 0 Å². The van der Waals surface area contributed by atoms with Gasteiger partial charge >= 0.3 is 0 Å². The van der Waals surface area contributed by atoms with Crippen LogP contribution >= 0.6 is 23.4 Å². The lowest BCUT2D eigenvalue weighted by molar-refractivity contribution is -0.127. The second kappa shape index (κ2) is 5.54. The Labute approximate surface area is 127 Å². The van der Waals surface area contributed by atoms with Crippen LogP contribution in [-0.4, -0.2) is 27.7 Å². The quantitative estimate of drug-likeness (QED) is 0.863. The van der Waals surface area contributed by atoms with Crippen LogP contribution in [0.3, 0.4) is 0 Å². The number of rotatable bonds is 3. The number of nitrogens with zero attached hydrogens (tertiary/aromatic N) is 2. The Hall–Kier alpha value is -1.39. The van der Waals surface area contributed by atoms with Gasteiger partial charge in [0.1, 0.15) is 5.37 Å². The van der Waals surface area contributed by atoms with Crippen molar-refractivity contribution < 1.29 is 4.79 Å². The number of aromatic nitrogens is 1. The molecule has 0 bridgehead atoms. The zero-order chi connectivity index (χ0) is 14.1. The number of hydrogen-bond donors (Lipinski definition) is 0. The number of hydrogen-bond acceptors (Lipinski definition) is 2. The largest absolute Gasteiger partial charge is 0.326 e. The lowest BCUT2D eigenvalue weighted by atomic mass is 10.3. The fourth-order valence-corrected chi connectivity index (χ4v) is 3.86. The molecule has 2 aromatic rings. The number of halogens is 1. The van der Waals surface area contributed by atoms with E-state index < -0.39 is 0 Å². The molecule has 0 saturated carbocycles. The molecule has 3 nitrogen and oxygen atoms in total. The number of carbonyl (C=O) groups excluding carboxylic acids is 1. The van der Waals surface area contributed by atoms with E-state index in [0.29, 0.717) is 5.75 Å². The molecule has 5 heteroatoms. The average Bonchev–Trinajstić information content (AvgIpc) is 3.04. The molecule has 2 heterocycles. The van der Waals surface area contributed by atoms with Gasteiger partial charge in [-0.25, -0.2) is 0 Å². The van der Waals surface area contributed by atoms with Gasteiger partial charge in [0.15, 0.2) is 0 Å². The summed E-state index contributed by atoms with van der Waals surface area (Å²) in [4.78, 5) is 13.7. The predicted molar refractivity (Wildman–Crippen MR) is 83.4 cm³/mol. The van der Waals surface area contributed by atoms with Crippen molar-refractivity contribution in [2.75, 3.05) is 12.3 Å². The third-order valence-electron chi connectivity index (χ3n) is 3.42. The fourth-order valence-electron chi connectivity index (χ4n) is 2.43. The SMILES string of the molecule is CCN1C(=O)CS[C@H]1c1ccn(-c2cccc(Cl)c2)c1. The monoisotopic (exact) mass is 306 g/mol. The Morgan fingerprint density at radius 1 is 1.40 bits per heavy atom. The van der Waals surface area contributed by atoms with E-state index in [4.69, 9.17) is 11.6 Å². The molecule has 0 radical (unpaired) electrons. The van der Waals surface area contributed by atoms with Crippen LogP contribution in [0.25, 0.3) is 5.69 Å². The van der Waals surface area contributed by atoms with Crippen LogP contribution in [0.1, 0.15) is 17.9 Å². The second-order valence-corrected chi connectivity index (χ2v) is 6.18. The van der Waals surface area contributed by atoms with E-state index >= 15 is 0 Å². The Kier molecular flexibility index (Phi) is 3.76. The minimum Gasteiger partial charge on any atom is -0.326 e. The van der Waals surface area contributed by atoms with Gasteiger partial charge in [0.2, 0.25) is 5.91 Å². The highest BCUT2D eigenvalue weighted by molar-refractivity contribution is 8.00. The molecule has 1 aliphatic heterocycles. The predicted octanol–water partition coefficient (Wildman–Crippen LogP) is 3.72. The average molecular weight is 307 g/mol. The Morgan fingerprint density at radius 3 is 3.00 bits per heavy atom. The summed E-state index contributed by atoms with van der Waals surface area (Å²) in [5.41, 5.74) is 2.18. The van der Waals surface area contributed by atoms with Gasteiger partial charge < -0.3 is 9.47 Å². The Bertz CT molecular complexity index is 640. The van der Waals surface area contributed by atoms with Crippen LogP contribution in [0, 0.1) is 0 Å².